The quantitative estimate of drug-likeness (QED) is 0.424. The predicted octanol–water partition coefficient (Wildman–Crippen LogP) is 3.20. The molecular weight excluding hydrogens is 416 g/mol. The van der Waals surface area contributed by atoms with E-state index >= 15 is 0 Å². The average molecular weight is 441 g/mol. The van der Waals surface area contributed by atoms with Gasteiger partial charge in [-0.2, -0.15) is 0 Å². The van der Waals surface area contributed by atoms with E-state index in [1.165, 1.54) is 24.9 Å². The zero-order chi connectivity index (χ0) is 22.4. The molecule has 0 aliphatic heterocycles. The minimum absolute atomic E-state index is 0.0201. The van der Waals surface area contributed by atoms with E-state index in [-0.39, 0.29) is 23.6 Å². The molecule has 8 nitrogen and oxygen atoms in total. The maximum Gasteiger partial charge on any atom is 0.244 e. The van der Waals surface area contributed by atoms with Crippen molar-refractivity contribution in [2.75, 3.05) is 19.5 Å². The van der Waals surface area contributed by atoms with E-state index in [1.54, 1.807) is 42.1 Å². The van der Waals surface area contributed by atoms with Gasteiger partial charge >= 0.3 is 0 Å². The van der Waals surface area contributed by atoms with Gasteiger partial charge in [0.05, 0.1) is 20.4 Å². The number of rotatable bonds is 8. The van der Waals surface area contributed by atoms with Crippen LogP contribution in [0.15, 0.2) is 52.5 Å². The van der Waals surface area contributed by atoms with Gasteiger partial charge in [0, 0.05) is 34.6 Å². The van der Waals surface area contributed by atoms with Gasteiger partial charge in [-0.1, -0.05) is 11.8 Å². The van der Waals surface area contributed by atoms with Crippen molar-refractivity contribution in [2.45, 2.75) is 31.3 Å². The molecule has 0 atom stereocenters. The van der Waals surface area contributed by atoms with Crippen molar-refractivity contribution in [3.63, 3.8) is 0 Å². The largest absolute Gasteiger partial charge is 0.497 e. The van der Waals surface area contributed by atoms with Crippen molar-refractivity contribution < 1.29 is 14.3 Å². The molecule has 0 unspecified atom stereocenters. The highest BCUT2D eigenvalue weighted by atomic mass is 32.2. The summed E-state index contributed by atoms with van der Waals surface area (Å²) in [5, 5.41) is 3.46. The number of thioether (sulfide) groups is 1. The number of aromatic nitrogens is 3. The highest BCUT2D eigenvalue weighted by Crippen LogP contribution is 2.21. The Balaban J connectivity index is 1.78. The van der Waals surface area contributed by atoms with Gasteiger partial charge < -0.3 is 19.4 Å². The SMILES string of the molecule is COc1ccc(NC(=O)Cn2cc(OC)c(=O)cc2CSc2nc(C)cc(C)n2)cc1. The monoisotopic (exact) mass is 440 g/mol. The number of hydrogen-bond donors (Lipinski definition) is 1. The molecule has 2 heterocycles. The number of carbonyl (C=O) groups is 1. The number of aryl methyl sites for hydroxylation is 2. The molecule has 0 bridgehead atoms. The fourth-order valence-electron chi connectivity index (χ4n) is 2.94. The second kappa shape index (κ2) is 10.1. The van der Waals surface area contributed by atoms with E-state index in [1.807, 2.05) is 19.9 Å². The van der Waals surface area contributed by atoms with Crippen molar-refractivity contribution >= 4 is 23.4 Å². The minimum Gasteiger partial charge on any atom is -0.497 e. The topological polar surface area (TPSA) is 95.3 Å². The van der Waals surface area contributed by atoms with Crippen LogP contribution < -0.4 is 20.2 Å². The Morgan fingerprint density at radius 1 is 1.06 bits per heavy atom. The van der Waals surface area contributed by atoms with Crippen molar-refractivity contribution in [3.05, 3.63) is 69.9 Å². The van der Waals surface area contributed by atoms with Crippen LogP contribution in [0.4, 0.5) is 5.69 Å². The molecule has 0 saturated carbocycles. The molecule has 1 amide bonds. The van der Waals surface area contributed by atoms with Gasteiger partial charge in [0.2, 0.25) is 11.3 Å². The van der Waals surface area contributed by atoms with E-state index in [9.17, 15) is 9.59 Å². The number of nitrogens with zero attached hydrogens (tertiary/aromatic N) is 3. The summed E-state index contributed by atoms with van der Waals surface area (Å²) >= 11 is 1.40. The third-order valence-electron chi connectivity index (χ3n) is 4.40. The summed E-state index contributed by atoms with van der Waals surface area (Å²) in [4.78, 5) is 33.7. The fourth-order valence-corrected chi connectivity index (χ4v) is 3.89. The Morgan fingerprint density at radius 2 is 1.74 bits per heavy atom. The van der Waals surface area contributed by atoms with Gasteiger partial charge in [0.1, 0.15) is 12.3 Å². The van der Waals surface area contributed by atoms with E-state index in [2.05, 4.69) is 15.3 Å². The molecule has 9 heteroatoms. The third-order valence-corrected chi connectivity index (χ3v) is 5.28. The van der Waals surface area contributed by atoms with Crippen LogP contribution >= 0.6 is 11.8 Å². The Kier molecular flexibility index (Phi) is 7.30. The number of pyridine rings is 1. The van der Waals surface area contributed by atoms with Gasteiger partial charge in [-0.3, -0.25) is 9.59 Å². The molecule has 0 aliphatic carbocycles. The average Bonchev–Trinajstić information content (AvgIpc) is 2.73. The zero-order valence-corrected chi connectivity index (χ0v) is 18.7. The molecule has 31 heavy (non-hydrogen) atoms. The number of ether oxygens (including phenoxy) is 2. The Labute approximate surface area is 184 Å². The van der Waals surface area contributed by atoms with Crippen LogP contribution in [0.2, 0.25) is 0 Å². The Morgan fingerprint density at radius 3 is 2.35 bits per heavy atom. The van der Waals surface area contributed by atoms with Crippen molar-refractivity contribution in [1.82, 2.24) is 14.5 Å². The maximum absolute atomic E-state index is 12.6. The third kappa shape index (κ3) is 6.08. The van der Waals surface area contributed by atoms with Gasteiger partial charge in [-0.15, -0.1) is 0 Å². The number of hydrogen-bond acceptors (Lipinski definition) is 7. The molecule has 0 aliphatic rings. The highest BCUT2D eigenvalue weighted by molar-refractivity contribution is 7.98. The number of nitrogens with one attached hydrogen (secondary N) is 1. The van der Waals surface area contributed by atoms with Crippen LogP contribution in [0.5, 0.6) is 11.5 Å². The van der Waals surface area contributed by atoms with Crippen molar-refractivity contribution in [3.8, 4) is 11.5 Å². The first-order chi connectivity index (χ1) is 14.9. The number of methoxy groups -OCH3 is 2. The maximum atomic E-state index is 12.6. The Hall–Kier alpha value is -3.33. The summed E-state index contributed by atoms with van der Waals surface area (Å²) in [6.07, 6.45) is 1.55. The molecule has 162 valence electrons. The van der Waals surface area contributed by atoms with Gasteiger partial charge in [0.15, 0.2) is 10.9 Å². The highest BCUT2D eigenvalue weighted by Gasteiger charge is 2.12. The van der Waals surface area contributed by atoms with Gasteiger partial charge in [0.25, 0.3) is 0 Å². The van der Waals surface area contributed by atoms with Crippen LogP contribution in [0.1, 0.15) is 17.1 Å². The molecule has 3 aromatic rings. The van der Waals surface area contributed by atoms with Gasteiger partial charge in [-0.25, -0.2) is 9.97 Å². The van der Waals surface area contributed by atoms with Crippen molar-refractivity contribution in [2.24, 2.45) is 0 Å². The van der Waals surface area contributed by atoms with E-state index in [0.717, 1.165) is 11.4 Å². The summed E-state index contributed by atoms with van der Waals surface area (Å²) in [6, 6.07) is 10.4. The number of anilines is 1. The lowest BCUT2D eigenvalue weighted by Gasteiger charge is -2.15. The predicted molar refractivity (Wildman–Crippen MR) is 120 cm³/mol. The van der Waals surface area contributed by atoms with Crippen LogP contribution in [-0.4, -0.2) is 34.7 Å². The summed E-state index contributed by atoms with van der Waals surface area (Å²) in [6.45, 7) is 3.84. The second-order valence-corrected chi connectivity index (χ2v) is 7.77. The lowest BCUT2D eigenvalue weighted by atomic mass is 10.3. The van der Waals surface area contributed by atoms with E-state index < -0.39 is 0 Å². The van der Waals surface area contributed by atoms with E-state index in [4.69, 9.17) is 9.47 Å². The molecule has 2 aromatic heterocycles. The lowest BCUT2D eigenvalue weighted by Crippen LogP contribution is -2.22. The zero-order valence-electron chi connectivity index (χ0n) is 17.8. The van der Waals surface area contributed by atoms with Crippen LogP contribution in [0.25, 0.3) is 0 Å². The van der Waals surface area contributed by atoms with Crippen molar-refractivity contribution in [1.29, 1.82) is 0 Å². The first-order valence-corrected chi connectivity index (χ1v) is 10.5. The van der Waals surface area contributed by atoms with Crippen LogP contribution in [0, 0.1) is 13.8 Å². The smallest absolute Gasteiger partial charge is 0.244 e. The molecule has 3 rings (SSSR count). The molecule has 0 radical (unpaired) electrons. The van der Waals surface area contributed by atoms with Crippen LogP contribution in [0.3, 0.4) is 0 Å². The summed E-state index contributed by atoms with van der Waals surface area (Å²) < 4.78 is 12.0. The fraction of sp³-hybridized carbons (Fsp3) is 0.273. The first-order valence-electron chi connectivity index (χ1n) is 9.54. The molecular formula is C22H24N4O4S. The molecule has 1 aromatic carbocycles. The second-order valence-electron chi connectivity index (χ2n) is 6.82. The summed E-state index contributed by atoms with van der Waals surface area (Å²) in [7, 11) is 3.01. The number of carbonyl (C=O) groups excluding carboxylic acids is 1. The first kappa shape index (κ1) is 22.4. The molecule has 0 saturated heterocycles. The standard InChI is InChI=1S/C22H24N4O4S/c1-14-9-15(2)24-22(23-14)31-13-17-10-19(27)20(30-4)11-26(17)12-21(28)25-16-5-7-18(29-3)8-6-16/h5-11H,12-13H2,1-4H3,(H,25,28). The number of benzene rings is 1. The molecule has 1 N–H and O–H groups in total. The normalized spacial score (nSPS) is 10.6. The minimum atomic E-state index is -0.244. The van der Waals surface area contributed by atoms with E-state index in [0.29, 0.717) is 28.0 Å². The van der Waals surface area contributed by atoms with Gasteiger partial charge in [-0.05, 0) is 44.2 Å². The number of amides is 1. The summed E-state index contributed by atoms with van der Waals surface area (Å²) in [5.74, 6) is 1.08. The lowest BCUT2D eigenvalue weighted by molar-refractivity contribution is -0.116. The molecule has 0 spiro atoms. The molecule has 0 fully saturated rings. The van der Waals surface area contributed by atoms with Crippen LogP contribution in [-0.2, 0) is 17.1 Å². The summed E-state index contributed by atoms with van der Waals surface area (Å²) in [5.41, 5.74) is 2.83. The Bertz CT molecular complexity index is 1110.